The largest absolute Gasteiger partial charge is 0.373 e. The van der Waals surface area contributed by atoms with Crippen molar-refractivity contribution in [3.8, 4) is 0 Å². The van der Waals surface area contributed by atoms with Crippen molar-refractivity contribution in [2.75, 3.05) is 0 Å². The monoisotopic (exact) mass is 310 g/mol. The van der Waals surface area contributed by atoms with Crippen molar-refractivity contribution in [1.82, 2.24) is 30.0 Å². The maximum absolute atomic E-state index is 11.8. The number of fused-ring (bicyclic) bond motifs is 1. The van der Waals surface area contributed by atoms with Crippen molar-refractivity contribution in [3.63, 3.8) is 0 Å². The summed E-state index contributed by atoms with van der Waals surface area (Å²) in [5.41, 5.74) is 0.623. The van der Waals surface area contributed by atoms with Gasteiger partial charge in [0.05, 0.1) is 6.42 Å². The van der Waals surface area contributed by atoms with Gasteiger partial charge in [-0.3, -0.25) is 4.57 Å². The Kier molecular flexibility index (Phi) is 3.10. The van der Waals surface area contributed by atoms with Crippen molar-refractivity contribution >= 4 is 13.2 Å². The fourth-order valence-corrected chi connectivity index (χ4v) is 2.82. The van der Waals surface area contributed by atoms with E-state index in [0.29, 0.717) is 5.65 Å². The summed E-state index contributed by atoms with van der Waals surface area (Å²) >= 11 is 0. The molecule has 110 valence electrons. The number of nitrogens with one attached hydrogen (secondary N) is 1. The van der Waals surface area contributed by atoms with Gasteiger partial charge in [0.1, 0.15) is 5.65 Å². The molecule has 0 aliphatic carbocycles. The Morgan fingerprint density at radius 3 is 2.86 bits per heavy atom. The quantitative estimate of drug-likeness (QED) is 0.467. The van der Waals surface area contributed by atoms with Gasteiger partial charge in [-0.1, -0.05) is 11.3 Å². The van der Waals surface area contributed by atoms with Crippen molar-refractivity contribution in [1.29, 1.82) is 0 Å². The predicted molar refractivity (Wildman–Crippen MR) is 69.0 cm³/mol. The summed E-state index contributed by atoms with van der Waals surface area (Å²) in [6, 6.07) is 2.95. The lowest BCUT2D eigenvalue weighted by molar-refractivity contribution is 0.0872. The normalized spacial score (nSPS) is 15.2. The maximum atomic E-state index is 11.8. The highest BCUT2D eigenvalue weighted by Gasteiger charge is 2.48. The summed E-state index contributed by atoms with van der Waals surface area (Å²) in [4.78, 5) is 23.2. The van der Waals surface area contributed by atoms with E-state index in [-0.39, 0.29) is 11.4 Å². The second-order valence-electron chi connectivity index (χ2n) is 4.48. The summed E-state index contributed by atoms with van der Waals surface area (Å²) < 4.78 is 13.3. The van der Waals surface area contributed by atoms with Crippen LogP contribution in [0, 0.1) is 0 Å². The van der Waals surface area contributed by atoms with E-state index < -0.39 is 19.4 Å². The first kappa shape index (κ1) is 13.8. The second-order valence-corrected chi connectivity index (χ2v) is 6.30. The topological polar surface area (TPSA) is 150 Å². The lowest BCUT2D eigenvalue weighted by atomic mass is 10.1. The Balaban J connectivity index is 2.12. The molecule has 1 atom stereocenters. The van der Waals surface area contributed by atoms with Crippen molar-refractivity contribution in [2.45, 2.75) is 11.8 Å². The van der Waals surface area contributed by atoms with Gasteiger partial charge in [-0.15, -0.1) is 10.2 Å². The van der Waals surface area contributed by atoms with E-state index in [1.165, 1.54) is 18.5 Å². The van der Waals surface area contributed by atoms with Gasteiger partial charge >= 0.3 is 7.60 Å². The SMILES string of the molecule is O=P(O)(O)C(O)(Cc1nn[nH]n1)c1ccc2nccn2c1. The molecule has 1 unspecified atom stereocenters. The van der Waals surface area contributed by atoms with Crippen molar-refractivity contribution in [2.24, 2.45) is 0 Å². The summed E-state index contributed by atoms with van der Waals surface area (Å²) in [6.07, 6.45) is 4.07. The van der Waals surface area contributed by atoms with Crippen LogP contribution < -0.4 is 0 Å². The standard InChI is InChI=1S/C10H11N6O4P/c17-10(21(18,19)20,5-8-12-14-15-13-8)7-1-2-9-11-3-4-16(9)6-7/h1-4,6,17H,5H2,(H2,18,19,20)(H,12,13,14,15). The number of aliphatic hydroxyl groups is 1. The molecule has 0 aliphatic heterocycles. The van der Waals surface area contributed by atoms with Gasteiger partial charge in [-0.25, -0.2) is 4.98 Å². The Bertz CT molecular complexity index is 812. The summed E-state index contributed by atoms with van der Waals surface area (Å²) in [6.45, 7) is 0. The Hall–Kier alpha value is -2.13. The fourth-order valence-electron chi connectivity index (χ4n) is 2.01. The molecule has 3 rings (SSSR count). The number of hydrogen-bond acceptors (Lipinski definition) is 6. The van der Waals surface area contributed by atoms with E-state index >= 15 is 0 Å². The van der Waals surface area contributed by atoms with Crippen LogP contribution in [0.15, 0.2) is 30.7 Å². The maximum Gasteiger partial charge on any atom is 0.361 e. The first-order chi connectivity index (χ1) is 9.90. The molecule has 0 amide bonds. The minimum atomic E-state index is -4.91. The number of H-pyrrole nitrogens is 1. The van der Waals surface area contributed by atoms with Crippen LogP contribution in [0.25, 0.3) is 5.65 Å². The highest BCUT2D eigenvalue weighted by Crippen LogP contribution is 2.56. The van der Waals surface area contributed by atoms with Gasteiger partial charge in [0.2, 0.25) is 0 Å². The van der Waals surface area contributed by atoms with Crippen LogP contribution in [0.3, 0.4) is 0 Å². The zero-order chi connectivity index (χ0) is 15.1. The minimum Gasteiger partial charge on any atom is -0.373 e. The minimum absolute atomic E-state index is 0.00782. The molecule has 0 spiro atoms. The second kappa shape index (κ2) is 4.71. The summed E-state index contributed by atoms with van der Waals surface area (Å²) in [7, 11) is -4.91. The third kappa shape index (κ3) is 2.34. The molecule has 0 bridgehead atoms. The molecule has 0 saturated carbocycles. The Morgan fingerprint density at radius 1 is 1.38 bits per heavy atom. The highest BCUT2D eigenvalue weighted by molar-refractivity contribution is 7.52. The molecule has 0 saturated heterocycles. The smallest absolute Gasteiger partial charge is 0.361 e. The Labute approximate surface area is 117 Å². The summed E-state index contributed by atoms with van der Waals surface area (Å²) in [5, 5.41) is 20.8. The van der Waals surface area contributed by atoms with Gasteiger partial charge in [-0.05, 0) is 6.07 Å². The third-order valence-corrected chi connectivity index (χ3v) is 4.51. The number of tetrazole rings is 1. The van der Waals surface area contributed by atoms with Gasteiger partial charge < -0.3 is 19.3 Å². The van der Waals surface area contributed by atoms with Crippen LogP contribution in [0.1, 0.15) is 11.4 Å². The predicted octanol–water partition coefficient (Wildman–Crippen LogP) is -0.587. The highest BCUT2D eigenvalue weighted by atomic mass is 31.2. The molecule has 0 aliphatic rings. The lowest BCUT2D eigenvalue weighted by Gasteiger charge is -2.28. The molecule has 3 aromatic rings. The Morgan fingerprint density at radius 2 is 2.19 bits per heavy atom. The van der Waals surface area contributed by atoms with Crippen molar-refractivity contribution < 1.29 is 19.5 Å². The number of aromatic amines is 1. The molecule has 4 N–H and O–H groups in total. The molecule has 10 nitrogen and oxygen atoms in total. The van der Waals surface area contributed by atoms with Crippen LogP contribution in [-0.2, 0) is 16.3 Å². The molecule has 3 heterocycles. The van der Waals surface area contributed by atoms with Crippen LogP contribution >= 0.6 is 7.60 Å². The average molecular weight is 310 g/mol. The zero-order valence-corrected chi connectivity index (χ0v) is 11.4. The van der Waals surface area contributed by atoms with E-state index in [4.69, 9.17) is 0 Å². The number of rotatable bonds is 4. The fraction of sp³-hybridized carbons (Fsp3) is 0.200. The van der Waals surface area contributed by atoms with E-state index in [2.05, 4.69) is 25.6 Å². The molecule has 21 heavy (non-hydrogen) atoms. The van der Waals surface area contributed by atoms with Crippen LogP contribution in [0.2, 0.25) is 0 Å². The molecule has 0 radical (unpaired) electrons. The average Bonchev–Trinajstić information content (AvgIpc) is 3.06. The van der Waals surface area contributed by atoms with Gasteiger partial charge in [-0.2, -0.15) is 5.21 Å². The molecule has 0 fully saturated rings. The van der Waals surface area contributed by atoms with E-state index in [9.17, 15) is 19.5 Å². The summed E-state index contributed by atoms with van der Waals surface area (Å²) in [5.74, 6) is -0.00782. The number of hydrogen-bond donors (Lipinski definition) is 4. The first-order valence-electron chi connectivity index (χ1n) is 5.84. The molecule has 11 heteroatoms. The number of pyridine rings is 1. The van der Waals surface area contributed by atoms with Crippen LogP contribution in [0.5, 0.6) is 0 Å². The molecular formula is C10H11N6O4P. The lowest BCUT2D eigenvalue weighted by Crippen LogP contribution is -2.29. The van der Waals surface area contributed by atoms with E-state index in [1.54, 1.807) is 16.7 Å². The number of imidazole rings is 1. The van der Waals surface area contributed by atoms with E-state index in [1.807, 2.05) is 0 Å². The van der Waals surface area contributed by atoms with Crippen LogP contribution in [-0.4, -0.2) is 44.9 Å². The molecule has 0 aromatic carbocycles. The van der Waals surface area contributed by atoms with Crippen LogP contribution in [0.4, 0.5) is 0 Å². The molecule has 3 aromatic heterocycles. The van der Waals surface area contributed by atoms with Gasteiger partial charge in [0.25, 0.3) is 0 Å². The van der Waals surface area contributed by atoms with Crippen molar-refractivity contribution in [3.05, 3.63) is 42.1 Å². The third-order valence-electron chi connectivity index (χ3n) is 3.13. The van der Waals surface area contributed by atoms with E-state index in [0.717, 1.165) is 0 Å². The molecular weight excluding hydrogens is 299 g/mol. The number of aromatic nitrogens is 6. The zero-order valence-electron chi connectivity index (χ0n) is 10.5. The first-order valence-corrected chi connectivity index (χ1v) is 7.45. The van der Waals surface area contributed by atoms with Gasteiger partial charge in [0, 0.05) is 24.2 Å². The number of nitrogens with zero attached hydrogens (tertiary/aromatic N) is 5. The van der Waals surface area contributed by atoms with Gasteiger partial charge in [0.15, 0.2) is 11.2 Å².